The highest BCUT2D eigenvalue weighted by Gasteiger charge is 2.39. The van der Waals surface area contributed by atoms with Gasteiger partial charge in [-0.15, -0.1) is 0 Å². The van der Waals surface area contributed by atoms with Crippen molar-refractivity contribution in [2.45, 2.75) is 52.0 Å². The highest BCUT2D eigenvalue weighted by molar-refractivity contribution is 5.80. The molecule has 1 saturated heterocycles. The van der Waals surface area contributed by atoms with Crippen LogP contribution in [0.5, 0.6) is 5.88 Å². The first-order chi connectivity index (χ1) is 13.3. The first-order valence-electron chi connectivity index (χ1n) is 10.4. The number of rotatable bonds is 7. The molecular formula is C21H34N4O2. The van der Waals surface area contributed by atoms with Gasteiger partial charge in [0.05, 0.1) is 13.2 Å². The van der Waals surface area contributed by atoms with Crippen molar-refractivity contribution in [1.29, 1.82) is 0 Å². The Balaban J connectivity index is 1.66. The van der Waals surface area contributed by atoms with Crippen molar-refractivity contribution >= 4 is 5.96 Å². The van der Waals surface area contributed by atoms with Crippen molar-refractivity contribution in [3.63, 3.8) is 0 Å². The Bertz CT molecular complexity index is 614. The van der Waals surface area contributed by atoms with Crippen LogP contribution in [0.25, 0.3) is 0 Å². The Morgan fingerprint density at radius 3 is 2.89 bits per heavy atom. The molecule has 1 spiro atoms. The average molecular weight is 375 g/mol. The number of hydrogen-bond acceptors (Lipinski definition) is 4. The molecule has 2 fully saturated rings. The second-order valence-electron chi connectivity index (χ2n) is 7.71. The van der Waals surface area contributed by atoms with Crippen molar-refractivity contribution in [3.05, 3.63) is 23.9 Å². The summed E-state index contributed by atoms with van der Waals surface area (Å²) in [5, 5.41) is 3.48. The monoisotopic (exact) mass is 374 g/mol. The summed E-state index contributed by atoms with van der Waals surface area (Å²) in [5.41, 5.74) is 1.53. The fourth-order valence-electron chi connectivity index (χ4n) is 4.31. The minimum atomic E-state index is 0.499. The Morgan fingerprint density at radius 1 is 1.26 bits per heavy atom. The molecule has 2 aliphatic rings. The highest BCUT2D eigenvalue weighted by Crippen LogP contribution is 2.43. The van der Waals surface area contributed by atoms with Crippen LogP contribution in [0.4, 0.5) is 0 Å². The van der Waals surface area contributed by atoms with Crippen LogP contribution >= 0.6 is 0 Å². The number of aliphatic imine (C=N–C) groups is 1. The number of hydrogen-bond donors (Lipinski definition) is 1. The van der Waals surface area contributed by atoms with Gasteiger partial charge in [-0.2, -0.15) is 0 Å². The molecule has 0 radical (unpaired) electrons. The van der Waals surface area contributed by atoms with E-state index >= 15 is 0 Å². The maximum absolute atomic E-state index is 5.75. The molecule has 6 nitrogen and oxygen atoms in total. The first kappa shape index (κ1) is 19.9. The van der Waals surface area contributed by atoms with E-state index in [1.54, 1.807) is 13.3 Å². The van der Waals surface area contributed by atoms with E-state index in [-0.39, 0.29) is 0 Å². The van der Waals surface area contributed by atoms with Crippen LogP contribution in [0.15, 0.2) is 23.3 Å². The summed E-state index contributed by atoms with van der Waals surface area (Å²) in [6.45, 7) is 6.88. The summed E-state index contributed by atoms with van der Waals surface area (Å²) in [6.07, 6.45) is 10.00. The third kappa shape index (κ3) is 5.34. The maximum atomic E-state index is 5.75. The normalized spacial score (nSPS) is 19.5. The predicted octanol–water partition coefficient (Wildman–Crippen LogP) is 3.23. The Kier molecular flexibility index (Phi) is 7.33. The lowest BCUT2D eigenvalue weighted by Gasteiger charge is -2.33. The molecule has 1 N–H and O–H groups in total. The third-order valence-electron chi connectivity index (χ3n) is 5.76. The van der Waals surface area contributed by atoms with E-state index in [0.29, 0.717) is 31.1 Å². The summed E-state index contributed by atoms with van der Waals surface area (Å²) in [7, 11) is 1.67. The number of pyridine rings is 1. The summed E-state index contributed by atoms with van der Waals surface area (Å²) in [4.78, 5) is 11.7. The van der Waals surface area contributed by atoms with Gasteiger partial charge in [0.15, 0.2) is 5.96 Å². The molecule has 3 rings (SSSR count). The number of nitrogens with one attached hydrogen (secondary N) is 1. The van der Waals surface area contributed by atoms with Crippen molar-refractivity contribution in [2.75, 3.05) is 40.0 Å². The Morgan fingerprint density at radius 2 is 2.11 bits per heavy atom. The van der Waals surface area contributed by atoms with Crippen LogP contribution in [0.3, 0.4) is 0 Å². The van der Waals surface area contributed by atoms with Gasteiger partial charge in [0.2, 0.25) is 5.88 Å². The van der Waals surface area contributed by atoms with E-state index in [0.717, 1.165) is 31.2 Å². The van der Waals surface area contributed by atoms with Crippen LogP contribution < -0.4 is 10.1 Å². The molecule has 2 heterocycles. The minimum Gasteiger partial charge on any atom is -0.475 e. The number of aromatic nitrogens is 1. The Hall–Kier alpha value is -1.82. The summed E-state index contributed by atoms with van der Waals surface area (Å²) >= 11 is 0. The zero-order chi connectivity index (χ0) is 19.0. The molecule has 6 heteroatoms. The number of ether oxygens (including phenoxy) is 2. The molecule has 27 heavy (non-hydrogen) atoms. The van der Waals surface area contributed by atoms with Crippen molar-refractivity contribution in [3.8, 4) is 5.88 Å². The van der Waals surface area contributed by atoms with E-state index in [1.165, 1.54) is 38.5 Å². The molecule has 1 aromatic rings. The van der Waals surface area contributed by atoms with Crippen LogP contribution in [-0.4, -0.2) is 55.8 Å². The number of nitrogens with zero attached hydrogens (tertiary/aromatic N) is 3. The lowest BCUT2D eigenvalue weighted by Crippen LogP contribution is -2.41. The topological polar surface area (TPSA) is 59.0 Å². The van der Waals surface area contributed by atoms with E-state index < -0.39 is 0 Å². The zero-order valence-electron chi connectivity index (χ0n) is 16.9. The summed E-state index contributed by atoms with van der Waals surface area (Å²) < 4.78 is 10.8. The quantitative estimate of drug-likeness (QED) is 0.451. The van der Waals surface area contributed by atoms with Crippen LogP contribution in [0, 0.1) is 5.41 Å². The van der Waals surface area contributed by atoms with Crippen LogP contribution in [0.1, 0.15) is 51.0 Å². The second-order valence-corrected chi connectivity index (χ2v) is 7.71. The van der Waals surface area contributed by atoms with Crippen molar-refractivity contribution in [1.82, 2.24) is 15.2 Å². The van der Waals surface area contributed by atoms with Gasteiger partial charge in [0.1, 0.15) is 6.61 Å². The molecule has 0 aromatic carbocycles. The molecular weight excluding hydrogens is 340 g/mol. The molecule has 0 bridgehead atoms. The fraction of sp³-hybridized carbons (Fsp3) is 0.714. The SMILES string of the molecule is CCNC(=NCc1cccnc1OCCOC)N1CCC2(CCCCC2)C1. The molecule has 0 amide bonds. The molecule has 1 aromatic heterocycles. The lowest BCUT2D eigenvalue weighted by atomic mass is 9.73. The molecule has 1 aliphatic heterocycles. The van der Waals surface area contributed by atoms with Crippen LogP contribution in [0.2, 0.25) is 0 Å². The number of likely N-dealkylation sites (tertiary alicyclic amines) is 1. The molecule has 1 saturated carbocycles. The first-order valence-corrected chi connectivity index (χ1v) is 10.4. The average Bonchev–Trinajstić information content (AvgIpc) is 3.10. The summed E-state index contributed by atoms with van der Waals surface area (Å²) in [6, 6.07) is 3.97. The minimum absolute atomic E-state index is 0.499. The van der Waals surface area contributed by atoms with Gasteiger partial charge in [-0.05, 0) is 37.7 Å². The molecule has 0 atom stereocenters. The summed E-state index contributed by atoms with van der Waals surface area (Å²) in [5.74, 6) is 1.67. The number of methoxy groups -OCH3 is 1. The molecule has 1 aliphatic carbocycles. The van der Waals surface area contributed by atoms with Gasteiger partial charge >= 0.3 is 0 Å². The van der Waals surface area contributed by atoms with Crippen molar-refractivity contribution in [2.24, 2.45) is 10.4 Å². The van der Waals surface area contributed by atoms with Crippen LogP contribution in [-0.2, 0) is 11.3 Å². The second kappa shape index (κ2) is 9.93. The van der Waals surface area contributed by atoms with E-state index in [2.05, 4.69) is 22.1 Å². The highest BCUT2D eigenvalue weighted by atomic mass is 16.5. The third-order valence-corrected chi connectivity index (χ3v) is 5.76. The van der Waals surface area contributed by atoms with Gasteiger partial charge in [-0.25, -0.2) is 9.98 Å². The van der Waals surface area contributed by atoms with Gasteiger partial charge in [0.25, 0.3) is 0 Å². The zero-order valence-corrected chi connectivity index (χ0v) is 16.9. The van der Waals surface area contributed by atoms with E-state index in [1.807, 2.05) is 12.1 Å². The van der Waals surface area contributed by atoms with Gasteiger partial charge in [-0.1, -0.05) is 25.3 Å². The molecule has 150 valence electrons. The van der Waals surface area contributed by atoms with E-state index in [4.69, 9.17) is 14.5 Å². The number of guanidine groups is 1. The maximum Gasteiger partial charge on any atom is 0.218 e. The van der Waals surface area contributed by atoms with Gasteiger partial charge in [0, 0.05) is 38.5 Å². The Labute approximate surface area is 163 Å². The van der Waals surface area contributed by atoms with Gasteiger partial charge < -0.3 is 19.7 Å². The van der Waals surface area contributed by atoms with E-state index in [9.17, 15) is 0 Å². The van der Waals surface area contributed by atoms with Crippen molar-refractivity contribution < 1.29 is 9.47 Å². The van der Waals surface area contributed by atoms with Gasteiger partial charge in [-0.3, -0.25) is 0 Å². The fourth-order valence-corrected chi connectivity index (χ4v) is 4.31. The molecule has 0 unspecified atom stereocenters. The largest absolute Gasteiger partial charge is 0.475 e. The standard InChI is InChI=1S/C21H34N4O2/c1-3-22-20(25-13-11-21(17-25)9-5-4-6-10-21)24-16-18-8-7-12-23-19(18)27-15-14-26-2/h7-8,12H,3-6,9-11,13-17H2,1-2H3,(H,22,24). The predicted molar refractivity (Wildman–Crippen MR) is 108 cm³/mol. The smallest absolute Gasteiger partial charge is 0.218 e. The lowest BCUT2D eigenvalue weighted by molar-refractivity contribution is 0.143.